The van der Waals surface area contributed by atoms with Gasteiger partial charge in [-0.05, 0) is 62.5 Å². The molecule has 2 aromatic carbocycles. The Bertz CT molecular complexity index is 925. The average molecular weight is 501 g/mol. The zero-order valence-corrected chi connectivity index (χ0v) is 20.1. The van der Waals surface area contributed by atoms with Gasteiger partial charge in [0.2, 0.25) is 0 Å². The highest BCUT2D eigenvalue weighted by atomic mass is 35.5. The predicted octanol–water partition coefficient (Wildman–Crippen LogP) is 5.63. The Morgan fingerprint density at radius 2 is 1.88 bits per heavy atom. The molecule has 8 heteroatoms. The van der Waals surface area contributed by atoms with Crippen LogP contribution in [0.5, 0.6) is 11.5 Å². The summed E-state index contributed by atoms with van der Waals surface area (Å²) in [6.07, 6.45) is 3.75. The first kappa shape index (κ1) is 25.0. The molecule has 1 saturated heterocycles. The van der Waals surface area contributed by atoms with Crippen LogP contribution in [0, 0.1) is 0 Å². The molecule has 2 heterocycles. The van der Waals surface area contributed by atoms with Crippen molar-refractivity contribution in [2.24, 2.45) is 0 Å². The zero-order valence-electron chi connectivity index (χ0n) is 17.8. The van der Waals surface area contributed by atoms with Gasteiger partial charge in [0.15, 0.2) is 0 Å². The monoisotopic (exact) mass is 499 g/mol. The smallest absolute Gasteiger partial charge is 0.304 e. The maximum absolute atomic E-state index is 10.8. The van der Waals surface area contributed by atoms with E-state index < -0.39 is 5.97 Å². The Morgan fingerprint density at radius 3 is 2.56 bits per heavy atom. The van der Waals surface area contributed by atoms with E-state index in [0.29, 0.717) is 29.8 Å². The largest absolute Gasteiger partial charge is 0.493 e. The quantitative estimate of drug-likeness (QED) is 0.476. The third-order valence-electron chi connectivity index (χ3n) is 6.38. The summed E-state index contributed by atoms with van der Waals surface area (Å²) in [5.41, 5.74) is 2.25. The van der Waals surface area contributed by atoms with Crippen LogP contribution in [-0.4, -0.2) is 48.8 Å². The summed E-state index contributed by atoms with van der Waals surface area (Å²) < 4.78 is 12.0. The number of likely N-dealkylation sites (tertiary alicyclic amines) is 1. The summed E-state index contributed by atoms with van der Waals surface area (Å²) in [5.74, 6) is 0.975. The van der Waals surface area contributed by atoms with E-state index in [4.69, 9.17) is 37.8 Å². The minimum atomic E-state index is -0.739. The number of fused-ring (bicyclic) bond motifs is 2. The average Bonchev–Trinajstić information content (AvgIpc) is 3.10. The van der Waals surface area contributed by atoms with Gasteiger partial charge in [0.25, 0.3) is 0 Å². The van der Waals surface area contributed by atoms with E-state index in [9.17, 15) is 4.79 Å². The van der Waals surface area contributed by atoms with Crippen LogP contribution in [0.4, 0.5) is 0 Å². The van der Waals surface area contributed by atoms with E-state index in [1.165, 1.54) is 5.56 Å². The molecule has 1 spiro atoms. The lowest BCUT2D eigenvalue weighted by Crippen LogP contribution is -2.44. The number of carboxylic acids is 1. The highest BCUT2D eigenvalue weighted by molar-refractivity contribution is 6.35. The molecular weight excluding hydrogens is 473 g/mol. The van der Waals surface area contributed by atoms with Gasteiger partial charge in [-0.2, -0.15) is 0 Å². The summed E-state index contributed by atoms with van der Waals surface area (Å²) in [5, 5.41) is 10.3. The second kappa shape index (κ2) is 11.0. The Kier molecular flexibility index (Phi) is 8.56. The molecule has 2 aromatic rings. The number of rotatable bonds is 8. The molecule has 0 amide bonds. The van der Waals surface area contributed by atoms with E-state index >= 15 is 0 Å². The number of hydrogen-bond acceptors (Lipinski definition) is 4. The lowest BCUT2D eigenvalue weighted by atomic mass is 9.74. The van der Waals surface area contributed by atoms with Crippen molar-refractivity contribution < 1.29 is 19.4 Å². The summed E-state index contributed by atoms with van der Waals surface area (Å²) in [7, 11) is 0. The SMILES string of the molecule is Cl.O=C(O)CCN1CCC2(CC1)COc1cc(OCCCc3c(Cl)cccc3Cl)ccc12. The standard InChI is InChI=1S/C24H27Cl2NO4.ClH/c25-20-4-1-5-21(26)18(20)3-2-14-30-17-6-7-19-22(15-17)31-16-24(19)9-12-27(13-10-24)11-8-23(28)29;/h1,4-7,15H,2-3,8-14,16H2,(H,28,29);1H. The van der Waals surface area contributed by atoms with Gasteiger partial charge in [-0.15, -0.1) is 12.4 Å². The Balaban J connectivity index is 0.00000289. The van der Waals surface area contributed by atoms with Gasteiger partial charge in [0.1, 0.15) is 11.5 Å². The van der Waals surface area contributed by atoms with Crippen LogP contribution < -0.4 is 9.47 Å². The van der Waals surface area contributed by atoms with E-state index in [-0.39, 0.29) is 24.2 Å². The van der Waals surface area contributed by atoms with Gasteiger partial charge in [0, 0.05) is 33.6 Å². The third kappa shape index (κ3) is 5.63. The van der Waals surface area contributed by atoms with Gasteiger partial charge < -0.3 is 19.5 Å². The molecule has 0 unspecified atom stereocenters. The molecule has 4 rings (SSSR count). The normalized spacial score (nSPS) is 16.8. The molecule has 2 aliphatic rings. The molecule has 5 nitrogen and oxygen atoms in total. The fourth-order valence-electron chi connectivity index (χ4n) is 4.53. The van der Waals surface area contributed by atoms with Crippen LogP contribution in [-0.2, 0) is 16.6 Å². The van der Waals surface area contributed by atoms with Crippen molar-refractivity contribution in [3.05, 3.63) is 57.6 Å². The molecular formula is C24H28Cl3NO4. The fourth-order valence-corrected chi connectivity index (χ4v) is 5.11. The van der Waals surface area contributed by atoms with Crippen LogP contribution in [0.2, 0.25) is 10.0 Å². The predicted molar refractivity (Wildman–Crippen MR) is 129 cm³/mol. The maximum atomic E-state index is 10.8. The summed E-state index contributed by atoms with van der Waals surface area (Å²) >= 11 is 12.5. The molecule has 0 radical (unpaired) electrons. The van der Waals surface area contributed by atoms with E-state index in [2.05, 4.69) is 11.0 Å². The number of hydrogen-bond donors (Lipinski definition) is 1. The van der Waals surface area contributed by atoms with Crippen molar-refractivity contribution in [2.75, 3.05) is 32.8 Å². The highest BCUT2D eigenvalue weighted by Gasteiger charge is 2.43. The molecule has 1 fully saturated rings. The van der Waals surface area contributed by atoms with Crippen molar-refractivity contribution in [1.29, 1.82) is 0 Å². The van der Waals surface area contributed by atoms with E-state index in [1.54, 1.807) is 0 Å². The van der Waals surface area contributed by atoms with Crippen LogP contribution in [0.3, 0.4) is 0 Å². The van der Waals surface area contributed by atoms with E-state index in [1.807, 2.05) is 30.3 Å². The number of piperidine rings is 1. The number of aliphatic carboxylic acids is 1. The molecule has 1 N–H and O–H groups in total. The van der Waals surface area contributed by atoms with Crippen molar-refractivity contribution in [2.45, 2.75) is 37.5 Å². The molecule has 174 valence electrons. The number of ether oxygens (including phenoxy) is 2. The van der Waals surface area contributed by atoms with Crippen molar-refractivity contribution in [3.63, 3.8) is 0 Å². The third-order valence-corrected chi connectivity index (χ3v) is 7.09. The van der Waals surface area contributed by atoms with Crippen molar-refractivity contribution in [1.82, 2.24) is 4.90 Å². The lowest BCUT2D eigenvalue weighted by molar-refractivity contribution is -0.137. The minimum Gasteiger partial charge on any atom is -0.493 e. The minimum absolute atomic E-state index is 0. The van der Waals surface area contributed by atoms with Crippen molar-refractivity contribution in [3.8, 4) is 11.5 Å². The topological polar surface area (TPSA) is 59.0 Å². The van der Waals surface area contributed by atoms with Gasteiger partial charge in [-0.3, -0.25) is 4.79 Å². The van der Waals surface area contributed by atoms with Crippen LogP contribution in [0.15, 0.2) is 36.4 Å². The van der Waals surface area contributed by atoms with Gasteiger partial charge in [0.05, 0.1) is 19.6 Å². The molecule has 32 heavy (non-hydrogen) atoms. The first-order chi connectivity index (χ1) is 15.0. The molecule has 0 saturated carbocycles. The number of nitrogens with zero attached hydrogens (tertiary/aromatic N) is 1. The number of carboxylic acid groups (broad SMARTS) is 1. The first-order valence-electron chi connectivity index (χ1n) is 10.7. The Labute approximate surface area is 205 Å². The van der Waals surface area contributed by atoms with Crippen LogP contribution >= 0.6 is 35.6 Å². The fraction of sp³-hybridized carbons (Fsp3) is 0.458. The van der Waals surface area contributed by atoms with Crippen molar-refractivity contribution >= 4 is 41.6 Å². The molecule has 0 aromatic heterocycles. The lowest BCUT2D eigenvalue weighted by Gasteiger charge is -2.38. The second-order valence-electron chi connectivity index (χ2n) is 8.36. The van der Waals surface area contributed by atoms with Gasteiger partial charge in [-0.25, -0.2) is 0 Å². The van der Waals surface area contributed by atoms with Crippen LogP contribution in [0.25, 0.3) is 0 Å². The number of benzene rings is 2. The number of halogens is 3. The zero-order chi connectivity index (χ0) is 21.8. The highest BCUT2D eigenvalue weighted by Crippen LogP contribution is 2.46. The van der Waals surface area contributed by atoms with E-state index in [0.717, 1.165) is 55.8 Å². The van der Waals surface area contributed by atoms with Gasteiger partial charge >= 0.3 is 5.97 Å². The summed E-state index contributed by atoms with van der Waals surface area (Å²) in [6, 6.07) is 11.7. The Morgan fingerprint density at radius 1 is 1.16 bits per heavy atom. The molecule has 0 bridgehead atoms. The molecule has 2 aliphatic heterocycles. The van der Waals surface area contributed by atoms with Gasteiger partial charge in [-0.1, -0.05) is 35.3 Å². The second-order valence-corrected chi connectivity index (χ2v) is 9.18. The molecule has 0 aliphatic carbocycles. The molecule has 0 atom stereocenters. The summed E-state index contributed by atoms with van der Waals surface area (Å²) in [6.45, 7) is 3.68. The van der Waals surface area contributed by atoms with Crippen LogP contribution in [0.1, 0.15) is 36.8 Å². The maximum Gasteiger partial charge on any atom is 0.304 e. The number of carbonyl (C=O) groups is 1. The first-order valence-corrected chi connectivity index (χ1v) is 11.5. The Hall–Kier alpha value is -1.66. The summed E-state index contributed by atoms with van der Waals surface area (Å²) in [4.78, 5) is 13.0.